The molecule has 10 nitrogen and oxygen atoms in total. The van der Waals surface area contributed by atoms with Gasteiger partial charge in [-0.2, -0.15) is 0 Å². The van der Waals surface area contributed by atoms with Gasteiger partial charge in [-0.3, -0.25) is 24.6 Å². The van der Waals surface area contributed by atoms with Gasteiger partial charge < -0.3 is 9.47 Å². The lowest BCUT2D eigenvalue weighted by molar-refractivity contribution is -0.384. The fourth-order valence-electron chi connectivity index (χ4n) is 2.45. The Morgan fingerprint density at radius 2 is 1.78 bits per heavy atom. The topological polar surface area (TPSA) is 119 Å². The molecule has 146 valence electrons. The summed E-state index contributed by atoms with van der Waals surface area (Å²) < 4.78 is 9.69. The van der Waals surface area contributed by atoms with E-state index in [1.807, 2.05) is 6.92 Å². The van der Waals surface area contributed by atoms with Crippen molar-refractivity contribution >= 4 is 23.7 Å². The van der Waals surface area contributed by atoms with Gasteiger partial charge in [-0.25, -0.2) is 9.69 Å². The van der Waals surface area contributed by atoms with Crippen LogP contribution in [0.15, 0.2) is 24.3 Å². The van der Waals surface area contributed by atoms with Crippen LogP contribution in [-0.4, -0.2) is 59.1 Å². The number of ether oxygens (including phenoxy) is 2. The second-order valence-electron chi connectivity index (χ2n) is 6.02. The minimum atomic E-state index is -1.04. The van der Waals surface area contributed by atoms with E-state index in [1.165, 1.54) is 24.3 Å². The first-order valence-electron chi connectivity index (χ1n) is 8.49. The largest absolute Gasteiger partial charge is 0.510 e. The number of non-ortho nitro benzene ring substituents is 1. The molecule has 0 atom stereocenters. The maximum Gasteiger partial charge on any atom is 0.510 e. The first-order valence-corrected chi connectivity index (χ1v) is 8.49. The molecule has 1 aliphatic rings. The smallest absolute Gasteiger partial charge is 0.429 e. The molecule has 2 amide bonds. The summed E-state index contributed by atoms with van der Waals surface area (Å²) in [6.07, 6.45) is 0.820. The number of piperazine rings is 1. The molecular weight excluding hydrogens is 358 g/mol. The van der Waals surface area contributed by atoms with E-state index in [2.05, 4.69) is 0 Å². The van der Waals surface area contributed by atoms with Crippen LogP contribution < -0.4 is 0 Å². The highest BCUT2D eigenvalue weighted by Crippen LogP contribution is 2.13. The fraction of sp³-hybridized carbons (Fsp3) is 0.471. The Morgan fingerprint density at radius 1 is 1.15 bits per heavy atom. The third-order valence-electron chi connectivity index (χ3n) is 3.96. The van der Waals surface area contributed by atoms with Crippen LogP contribution in [0.2, 0.25) is 0 Å². The van der Waals surface area contributed by atoms with Crippen LogP contribution in [0.25, 0.3) is 0 Å². The van der Waals surface area contributed by atoms with Crippen molar-refractivity contribution in [2.75, 3.05) is 26.4 Å². The molecule has 1 saturated heterocycles. The summed E-state index contributed by atoms with van der Waals surface area (Å²) in [7, 11) is 0. The van der Waals surface area contributed by atoms with Crippen molar-refractivity contribution in [3.8, 4) is 0 Å². The third-order valence-corrected chi connectivity index (χ3v) is 3.96. The SMILES string of the molecule is CCCCN1CC(=O)N(COC(=O)OCc2ccc([N+](=O)[O-])cc2)C(=O)C1. The van der Waals surface area contributed by atoms with E-state index in [-0.39, 0.29) is 25.4 Å². The maximum atomic E-state index is 12.0. The van der Waals surface area contributed by atoms with Gasteiger partial charge >= 0.3 is 6.16 Å². The number of hydrogen-bond acceptors (Lipinski definition) is 8. The monoisotopic (exact) mass is 379 g/mol. The van der Waals surface area contributed by atoms with Gasteiger partial charge in [-0.15, -0.1) is 0 Å². The van der Waals surface area contributed by atoms with Gasteiger partial charge in [0.15, 0.2) is 6.73 Å². The Bertz CT molecular complexity index is 687. The van der Waals surface area contributed by atoms with Crippen molar-refractivity contribution in [2.24, 2.45) is 0 Å². The van der Waals surface area contributed by atoms with E-state index < -0.39 is 29.6 Å². The normalized spacial score (nSPS) is 14.9. The lowest BCUT2D eigenvalue weighted by Gasteiger charge is -2.31. The van der Waals surface area contributed by atoms with E-state index in [4.69, 9.17) is 9.47 Å². The standard InChI is InChI=1S/C17H21N3O7/c1-2-3-8-18-9-15(21)19(16(22)10-18)12-27-17(23)26-11-13-4-6-14(7-5-13)20(24)25/h4-7H,2-3,8-12H2,1H3. The zero-order valence-corrected chi connectivity index (χ0v) is 15.0. The van der Waals surface area contributed by atoms with Crippen LogP contribution in [0.4, 0.5) is 10.5 Å². The highest BCUT2D eigenvalue weighted by Gasteiger charge is 2.31. The van der Waals surface area contributed by atoms with Crippen LogP contribution in [0.1, 0.15) is 25.3 Å². The summed E-state index contributed by atoms with van der Waals surface area (Å²) in [6, 6.07) is 5.49. The summed E-state index contributed by atoms with van der Waals surface area (Å²) in [5.41, 5.74) is 0.464. The summed E-state index contributed by atoms with van der Waals surface area (Å²) in [5.74, 6) is -0.851. The zero-order valence-electron chi connectivity index (χ0n) is 15.0. The number of amides is 2. The molecule has 1 aromatic carbocycles. The molecule has 0 aliphatic carbocycles. The van der Waals surface area contributed by atoms with Crippen molar-refractivity contribution in [3.63, 3.8) is 0 Å². The molecule has 2 rings (SSSR count). The van der Waals surface area contributed by atoms with Gasteiger partial charge in [-0.1, -0.05) is 13.3 Å². The van der Waals surface area contributed by atoms with Gasteiger partial charge in [-0.05, 0) is 30.7 Å². The van der Waals surface area contributed by atoms with Crippen LogP contribution >= 0.6 is 0 Å². The predicted octanol–water partition coefficient (Wildman–Crippen LogP) is 1.68. The Balaban J connectivity index is 1.75. The van der Waals surface area contributed by atoms with Crippen molar-refractivity contribution in [1.82, 2.24) is 9.80 Å². The summed E-state index contributed by atoms with van der Waals surface area (Å²) in [6.45, 7) is 2.25. The molecule has 1 fully saturated rings. The molecule has 27 heavy (non-hydrogen) atoms. The first kappa shape index (κ1) is 20.3. The molecule has 0 saturated carbocycles. The van der Waals surface area contributed by atoms with E-state index in [0.29, 0.717) is 12.1 Å². The first-order chi connectivity index (χ1) is 12.9. The number of rotatable bonds is 8. The molecular formula is C17H21N3O7. The fourth-order valence-corrected chi connectivity index (χ4v) is 2.45. The predicted molar refractivity (Wildman–Crippen MR) is 92.4 cm³/mol. The number of unbranched alkanes of at least 4 members (excludes halogenated alkanes) is 1. The van der Waals surface area contributed by atoms with Crippen molar-refractivity contribution in [1.29, 1.82) is 0 Å². The Kier molecular flexibility index (Phi) is 7.24. The van der Waals surface area contributed by atoms with Crippen LogP contribution in [-0.2, 0) is 25.7 Å². The molecule has 1 aliphatic heterocycles. The lowest BCUT2D eigenvalue weighted by Crippen LogP contribution is -2.54. The molecule has 0 aromatic heterocycles. The number of nitro groups is 1. The van der Waals surface area contributed by atoms with Crippen LogP contribution in [0.3, 0.4) is 0 Å². The molecule has 1 aromatic rings. The zero-order chi connectivity index (χ0) is 19.8. The van der Waals surface area contributed by atoms with Crippen molar-refractivity contribution in [3.05, 3.63) is 39.9 Å². The van der Waals surface area contributed by atoms with E-state index in [1.54, 1.807) is 4.90 Å². The average Bonchev–Trinajstić information content (AvgIpc) is 2.64. The molecule has 0 N–H and O–H groups in total. The number of carbonyl (C=O) groups is 3. The Hall–Kier alpha value is -3.01. The lowest BCUT2D eigenvalue weighted by atomic mass is 10.2. The quantitative estimate of drug-likeness (QED) is 0.290. The second-order valence-corrected chi connectivity index (χ2v) is 6.02. The van der Waals surface area contributed by atoms with Crippen molar-refractivity contribution < 1.29 is 28.8 Å². The summed E-state index contributed by atoms with van der Waals surface area (Å²) >= 11 is 0. The molecule has 0 radical (unpaired) electrons. The molecule has 1 heterocycles. The van der Waals surface area contributed by atoms with Gasteiger partial charge in [0, 0.05) is 12.1 Å². The van der Waals surface area contributed by atoms with E-state index >= 15 is 0 Å². The van der Waals surface area contributed by atoms with Gasteiger partial charge in [0.25, 0.3) is 5.69 Å². The van der Waals surface area contributed by atoms with E-state index in [0.717, 1.165) is 17.7 Å². The maximum absolute atomic E-state index is 12.0. The average molecular weight is 379 g/mol. The number of nitro benzene ring substituents is 1. The van der Waals surface area contributed by atoms with Gasteiger partial charge in [0.1, 0.15) is 6.61 Å². The van der Waals surface area contributed by atoms with E-state index in [9.17, 15) is 24.5 Å². The molecule has 10 heteroatoms. The molecule has 0 bridgehead atoms. The number of hydrogen-bond donors (Lipinski definition) is 0. The highest BCUT2D eigenvalue weighted by molar-refractivity contribution is 5.99. The highest BCUT2D eigenvalue weighted by atomic mass is 16.7. The van der Waals surface area contributed by atoms with Gasteiger partial charge in [0.2, 0.25) is 11.8 Å². The van der Waals surface area contributed by atoms with Crippen molar-refractivity contribution in [2.45, 2.75) is 26.4 Å². The second kappa shape index (κ2) is 9.62. The Labute approximate surface area is 155 Å². The van der Waals surface area contributed by atoms with Crippen LogP contribution in [0.5, 0.6) is 0 Å². The molecule has 0 unspecified atom stereocenters. The third kappa shape index (κ3) is 6.03. The number of nitrogens with zero attached hydrogens (tertiary/aromatic N) is 3. The van der Waals surface area contributed by atoms with Gasteiger partial charge in [0.05, 0.1) is 18.0 Å². The minimum Gasteiger partial charge on any atom is -0.429 e. The Morgan fingerprint density at radius 3 is 2.33 bits per heavy atom. The minimum absolute atomic E-state index is 0.0727. The number of imide groups is 1. The summed E-state index contributed by atoms with van der Waals surface area (Å²) in [4.78, 5) is 48.4. The number of benzene rings is 1. The number of carbonyl (C=O) groups excluding carboxylic acids is 3. The van der Waals surface area contributed by atoms with Crippen LogP contribution in [0, 0.1) is 10.1 Å². The molecule has 0 spiro atoms. The summed E-state index contributed by atoms with van der Waals surface area (Å²) in [5, 5.41) is 10.6.